The second-order valence-electron chi connectivity index (χ2n) is 5.03. The molecule has 3 nitrogen and oxygen atoms in total. The van der Waals surface area contributed by atoms with Crippen LogP contribution >= 0.6 is 15.9 Å². The van der Waals surface area contributed by atoms with E-state index in [0.29, 0.717) is 0 Å². The molecule has 2 rings (SSSR count). The first-order valence-electron chi connectivity index (χ1n) is 6.79. The van der Waals surface area contributed by atoms with Crippen LogP contribution in [-0.2, 0) is 0 Å². The minimum atomic E-state index is -0.721. The van der Waals surface area contributed by atoms with Crippen LogP contribution in [0.1, 0.15) is 31.1 Å². The molecule has 4 heteroatoms. The minimum absolute atomic E-state index is 0.102. The van der Waals surface area contributed by atoms with Crippen molar-refractivity contribution in [2.75, 3.05) is 7.11 Å². The van der Waals surface area contributed by atoms with Gasteiger partial charge >= 0.3 is 0 Å². The maximum atomic E-state index is 10.6. The summed E-state index contributed by atoms with van der Waals surface area (Å²) in [6.45, 7) is 3.95. The maximum Gasteiger partial charge on any atom is 0.120 e. The Hall–Kier alpha value is -1.52. The van der Waals surface area contributed by atoms with Gasteiger partial charge in [-0.25, -0.2) is 0 Å². The zero-order valence-corrected chi connectivity index (χ0v) is 13.9. The number of aliphatic hydroxyl groups excluding tert-OH is 1. The van der Waals surface area contributed by atoms with Crippen molar-refractivity contribution in [1.82, 2.24) is 0 Å². The maximum absolute atomic E-state index is 10.6. The molecule has 0 fully saturated rings. The molecule has 21 heavy (non-hydrogen) atoms. The minimum Gasteiger partial charge on any atom is -0.497 e. The van der Waals surface area contributed by atoms with Gasteiger partial charge in [-0.15, -0.1) is 0 Å². The Bertz CT molecular complexity index is 611. The first-order valence-corrected chi connectivity index (χ1v) is 7.58. The van der Waals surface area contributed by atoms with Crippen molar-refractivity contribution in [3.8, 4) is 11.5 Å². The van der Waals surface area contributed by atoms with E-state index >= 15 is 0 Å². The third kappa shape index (κ3) is 3.99. The summed E-state index contributed by atoms with van der Waals surface area (Å²) in [5, 5.41) is 10.6. The fraction of sp³-hybridized carbons (Fsp3) is 0.294. The second kappa shape index (κ2) is 6.96. The molecule has 0 spiro atoms. The smallest absolute Gasteiger partial charge is 0.120 e. The number of benzene rings is 2. The summed E-state index contributed by atoms with van der Waals surface area (Å²) in [4.78, 5) is 0. The number of ether oxygens (including phenoxy) is 2. The summed E-state index contributed by atoms with van der Waals surface area (Å²) >= 11 is 3.47. The molecule has 1 N–H and O–H groups in total. The lowest BCUT2D eigenvalue weighted by molar-refractivity contribution is 0.215. The summed E-state index contributed by atoms with van der Waals surface area (Å²) in [5.41, 5.74) is 1.58. The van der Waals surface area contributed by atoms with Crippen molar-refractivity contribution in [2.24, 2.45) is 0 Å². The van der Waals surface area contributed by atoms with E-state index in [9.17, 15) is 5.11 Å². The third-order valence-electron chi connectivity index (χ3n) is 3.05. The standard InChI is InChI=1S/C17H19BrO3/c1-11(2)21-14-6-4-5-12(9-14)17(19)15-8-7-13(20-3)10-16(15)18/h4-11,17,19H,1-3H3. The van der Waals surface area contributed by atoms with Crippen molar-refractivity contribution < 1.29 is 14.6 Å². The average Bonchev–Trinajstić information content (AvgIpc) is 2.46. The third-order valence-corrected chi connectivity index (χ3v) is 3.73. The zero-order valence-electron chi connectivity index (χ0n) is 12.3. The van der Waals surface area contributed by atoms with Crippen LogP contribution in [0.3, 0.4) is 0 Å². The second-order valence-corrected chi connectivity index (χ2v) is 5.88. The summed E-state index contributed by atoms with van der Waals surface area (Å²) in [6, 6.07) is 13.0. The van der Waals surface area contributed by atoms with Crippen molar-refractivity contribution in [3.05, 3.63) is 58.1 Å². The Morgan fingerprint density at radius 2 is 1.81 bits per heavy atom. The number of aliphatic hydroxyl groups is 1. The Morgan fingerprint density at radius 3 is 2.43 bits per heavy atom. The van der Waals surface area contributed by atoms with Gasteiger partial charge in [0.05, 0.1) is 13.2 Å². The van der Waals surface area contributed by atoms with Gasteiger partial charge in [0.1, 0.15) is 17.6 Å². The van der Waals surface area contributed by atoms with Gasteiger partial charge in [0.25, 0.3) is 0 Å². The molecule has 0 aliphatic rings. The molecule has 0 aliphatic heterocycles. The molecule has 2 aromatic rings. The van der Waals surface area contributed by atoms with E-state index in [0.717, 1.165) is 27.1 Å². The fourth-order valence-corrected chi connectivity index (χ4v) is 2.64. The van der Waals surface area contributed by atoms with Crippen LogP contribution in [0.5, 0.6) is 11.5 Å². The van der Waals surface area contributed by atoms with Crippen LogP contribution in [0.4, 0.5) is 0 Å². The Labute approximate surface area is 133 Å². The normalized spacial score (nSPS) is 12.3. The highest BCUT2D eigenvalue weighted by Crippen LogP contribution is 2.32. The highest BCUT2D eigenvalue weighted by molar-refractivity contribution is 9.10. The highest BCUT2D eigenvalue weighted by Gasteiger charge is 2.15. The van der Waals surface area contributed by atoms with E-state index in [4.69, 9.17) is 9.47 Å². The molecule has 0 aromatic heterocycles. The zero-order chi connectivity index (χ0) is 15.4. The van der Waals surface area contributed by atoms with Gasteiger partial charge in [-0.1, -0.05) is 34.1 Å². The molecular formula is C17H19BrO3. The van der Waals surface area contributed by atoms with Gasteiger partial charge < -0.3 is 14.6 Å². The monoisotopic (exact) mass is 350 g/mol. The van der Waals surface area contributed by atoms with Gasteiger partial charge in [-0.2, -0.15) is 0 Å². The van der Waals surface area contributed by atoms with E-state index < -0.39 is 6.10 Å². The lowest BCUT2D eigenvalue weighted by Gasteiger charge is -2.16. The molecule has 0 saturated heterocycles. The van der Waals surface area contributed by atoms with Crippen LogP contribution in [0.25, 0.3) is 0 Å². The summed E-state index contributed by atoms with van der Waals surface area (Å²) in [7, 11) is 1.62. The molecule has 0 radical (unpaired) electrons. The largest absolute Gasteiger partial charge is 0.497 e. The number of rotatable bonds is 5. The van der Waals surface area contributed by atoms with Crippen LogP contribution in [0.15, 0.2) is 46.9 Å². The van der Waals surface area contributed by atoms with Gasteiger partial charge in [0, 0.05) is 4.47 Å². The van der Waals surface area contributed by atoms with Gasteiger partial charge in [-0.3, -0.25) is 0 Å². The summed E-state index contributed by atoms with van der Waals surface area (Å²) < 4.78 is 11.6. The van der Waals surface area contributed by atoms with Gasteiger partial charge in [0.2, 0.25) is 0 Å². The molecule has 0 bridgehead atoms. The number of hydrogen-bond acceptors (Lipinski definition) is 3. The molecule has 1 atom stereocenters. The number of methoxy groups -OCH3 is 1. The lowest BCUT2D eigenvalue weighted by Crippen LogP contribution is -2.07. The van der Waals surface area contributed by atoms with Crippen LogP contribution in [-0.4, -0.2) is 18.3 Å². The lowest BCUT2D eigenvalue weighted by atomic mass is 10.0. The molecule has 1 unspecified atom stereocenters. The Kier molecular flexibility index (Phi) is 5.26. The number of hydrogen-bond donors (Lipinski definition) is 1. The predicted octanol–water partition coefficient (Wildman–Crippen LogP) is 4.33. The van der Waals surface area contributed by atoms with Crippen LogP contribution < -0.4 is 9.47 Å². The fourth-order valence-electron chi connectivity index (χ4n) is 2.07. The first kappa shape index (κ1) is 15.9. The topological polar surface area (TPSA) is 38.7 Å². The van der Waals surface area contributed by atoms with Gasteiger partial charge in [-0.05, 0) is 49.2 Å². The van der Waals surface area contributed by atoms with E-state index in [2.05, 4.69) is 15.9 Å². The van der Waals surface area contributed by atoms with E-state index in [1.807, 2.05) is 56.3 Å². The highest BCUT2D eigenvalue weighted by atomic mass is 79.9. The summed E-state index contributed by atoms with van der Waals surface area (Å²) in [6.07, 6.45) is -0.619. The Balaban J connectivity index is 2.29. The van der Waals surface area contributed by atoms with Gasteiger partial charge in [0.15, 0.2) is 0 Å². The van der Waals surface area contributed by atoms with Crippen LogP contribution in [0.2, 0.25) is 0 Å². The number of halogens is 1. The van der Waals surface area contributed by atoms with Crippen LogP contribution in [0, 0.1) is 0 Å². The first-order chi connectivity index (χ1) is 10.0. The van der Waals surface area contributed by atoms with E-state index in [-0.39, 0.29) is 6.10 Å². The molecule has 0 amide bonds. The quantitative estimate of drug-likeness (QED) is 0.872. The molecule has 112 valence electrons. The molecule has 0 saturated carbocycles. The van der Waals surface area contributed by atoms with E-state index in [1.54, 1.807) is 7.11 Å². The molecule has 0 aliphatic carbocycles. The Morgan fingerprint density at radius 1 is 1.05 bits per heavy atom. The molecule has 0 heterocycles. The SMILES string of the molecule is COc1ccc(C(O)c2cccc(OC(C)C)c2)c(Br)c1. The van der Waals surface area contributed by atoms with Crippen molar-refractivity contribution >= 4 is 15.9 Å². The van der Waals surface area contributed by atoms with Crippen molar-refractivity contribution in [3.63, 3.8) is 0 Å². The average molecular weight is 351 g/mol. The van der Waals surface area contributed by atoms with Crippen molar-refractivity contribution in [2.45, 2.75) is 26.1 Å². The summed E-state index contributed by atoms with van der Waals surface area (Å²) in [5.74, 6) is 1.50. The molecule has 2 aromatic carbocycles. The predicted molar refractivity (Wildman–Crippen MR) is 87.0 cm³/mol. The van der Waals surface area contributed by atoms with E-state index in [1.165, 1.54) is 0 Å². The molecular weight excluding hydrogens is 332 g/mol. The van der Waals surface area contributed by atoms with Crippen molar-refractivity contribution in [1.29, 1.82) is 0 Å².